The van der Waals surface area contributed by atoms with E-state index in [-0.39, 0.29) is 17.3 Å². The lowest BCUT2D eigenvalue weighted by atomic mass is 10.1. The fourth-order valence-electron chi connectivity index (χ4n) is 1.75. The highest BCUT2D eigenvalue weighted by Gasteiger charge is 2.18. The van der Waals surface area contributed by atoms with Crippen LogP contribution in [0.1, 0.15) is 11.1 Å². The van der Waals surface area contributed by atoms with Crippen LogP contribution in [0.2, 0.25) is 0 Å². The second-order valence-electron chi connectivity index (χ2n) is 4.17. The van der Waals surface area contributed by atoms with Crippen molar-refractivity contribution in [1.82, 2.24) is 4.98 Å². The molecule has 1 aromatic carbocycles. The number of pyridine rings is 1. The molecule has 106 valence electrons. The molecule has 0 amide bonds. The molecule has 2 N–H and O–H groups in total. The number of aromatic nitrogens is 1. The topological polar surface area (TPSA) is 79.3 Å². The largest absolute Gasteiger partial charge is 0.392 e. The Morgan fingerprint density at radius 3 is 2.65 bits per heavy atom. The minimum absolute atomic E-state index is 0.133. The number of nitrogens with one attached hydrogen (secondary N) is 1. The predicted molar refractivity (Wildman–Crippen MR) is 79.8 cm³/mol. The number of halogens is 1. The van der Waals surface area contributed by atoms with E-state index < -0.39 is 10.0 Å². The highest BCUT2D eigenvalue weighted by molar-refractivity contribution is 9.10. The van der Waals surface area contributed by atoms with Crippen LogP contribution < -0.4 is 4.72 Å². The van der Waals surface area contributed by atoms with Gasteiger partial charge in [0.05, 0.1) is 11.5 Å². The summed E-state index contributed by atoms with van der Waals surface area (Å²) in [6.45, 7) is 1.46. The first kappa shape index (κ1) is 15.0. The highest BCUT2D eigenvalue weighted by atomic mass is 79.9. The molecule has 5 nitrogen and oxygen atoms in total. The zero-order chi connectivity index (χ0) is 14.8. The lowest BCUT2D eigenvalue weighted by molar-refractivity contribution is 0.280. The lowest BCUT2D eigenvalue weighted by Crippen LogP contribution is -2.15. The molecule has 0 saturated heterocycles. The minimum atomic E-state index is -3.73. The Hall–Kier alpha value is -1.44. The number of sulfonamides is 1. The molecule has 0 fully saturated rings. The Morgan fingerprint density at radius 1 is 1.30 bits per heavy atom. The van der Waals surface area contributed by atoms with E-state index in [0.717, 1.165) is 4.47 Å². The van der Waals surface area contributed by atoms with E-state index in [4.69, 9.17) is 0 Å². The van der Waals surface area contributed by atoms with Crippen molar-refractivity contribution in [2.75, 3.05) is 4.72 Å². The van der Waals surface area contributed by atoms with Crippen LogP contribution >= 0.6 is 15.9 Å². The third-order valence-corrected chi connectivity index (χ3v) is 4.79. The molecule has 7 heteroatoms. The molecule has 0 aliphatic heterocycles. The van der Waals surface area contributed by atoms with Gasteiger partial charge in [-0.3, -0.25) is 4.72 Å². The van der Waals surface area contributed by atoms with E-state index in [2.05, 4.69) is 25.6 Å². The highest BCUT2D eigenvalue weighted by Crippen LogP contribution is 2.21. The van der Waals surface area contributed by atoms with Crippen molar-refractivity contribution >= 4 is 31.8 Å². The van der Waals surface area contributed by atoms with E-state index in [1.165, 1.54) is 12.3 Å². The van der Waals surface area contributed by atoms with Crippen molar-refractivity contribution in [3.63, 3.8) is 0 Å². The Kier molecular flexibility index (Phi) is 4.42. The molecule has 1 heterocycles. The van der Waals surface area contributed by atoms with Crippen LogP contribution in [0.4, 0.5) is 5.82 Å². The smallest absolute Gasteiger partial charge is 0.263 e. The van der Waals surface area contributed by atoms with Crippen LogP contribution in [-0.2, 0) is 16.6 Å². The number of aliphatic hydroxyl groups excluding tert-OH is 1. The molecular formula is C13H13BrN2O3S. The molecule has 0 bridgehead atoms. The van der Waals surface area contributed by atoms with Crippen molar-refractivity contribution in [3.05, 3.63) is 52.1 Å². The zero-order valence-corrected chi connectivity index (χ0v) is 13.1. The van der Waals surface area contributed by atoms with Crippen molar-refractivity contribution in [2.24, 2.45) is 0 Å². The number of hydrogen-bond acceptors (Lipinski definition) is 4. The maximum atomic E-state index is 12.3. The van der Waals surface area contributed by atoms with Gasteiger partial charge in [-0.05, 0) is 52.2 Å². The Bertz CT molecular complexity index is 715. The molecule has 1 aromatic heterocycles. The second kappa shape index (κ2) is 5.90. The molecule has 0 aliphatic carbocycles. The summed E-state index contributed by atoms with van der Waals surface area (Å²) in [6.07, 6.45) is 1.51. The SMILES string of the molecule is Cc1c(CO)cccc1S(=O)(=O)Nc1ccc(Br)cn1. The van der Waals surface area contributed by atoms with Gasteiger partial charge in [0.2, 0.25) is 0 Å². The van der Waals surface area contributed by atoms with Gasteiger partial charge in [0, 0.05) is 10.7 Å². The molecular weight excluding hydrogens is 344 g/mol. The molecule has 0 radical (unpaired) electrons. The molecule has 20 heavy (non-hydrogen) atoms. The van der Waals surface area contributed by atoms with Gasteiger partial charge in [-0.15, -0.1) is 0 Å². The van der Waals surface area contributed by atoms with Crippen molar-refractivity contribution in [3.8, 4) is 0 Å². The summed E-state index contributed by atoms with van der Waals surface area (Å²) in [5.41, 5.74) is 1.11. The van der Waals surface area contributed by atoms with E-state index >= 15 is 0 Å². The van der Waals surface area contributed by atoms with Gasteiger partial charge >= 0.3 is 0 Å². The standard InChI is InChI=1S/C13H13BrN2O3S/c1-9-10(8-17)3-2-4-12(9)20(18,19)16-13-6-5-11(14)7-15-13/h2-7,17H,8H2,1H3,(H,15,16). The molecule has 0 aliphatic rings. The summed E-state index contributed by atoms with van der Waals surface area (Å²) in [6, 6.07) is 8.04. The molecule has 2 aromatic rings. The molecule has 0 unspecified atom stereocenters. The van der Waals surface area contributed by atoms with Crippen LogP contribution in [0.25, 0.3) is 0 Å². The van der Waals surface area contributed by atoms with Crippen molar-refractivity contribution in [1.29, 1.82) is 0 Å². The van der Waals surface area contributed by atoms with Crippen LogP contribution in [0.15, 0.2) is 45.9 Å². The van der Waals surface area contributed by atoms with Gasteiger partial charge in [0.15, 0.2) is 0 Å². The fourth-order valence-corrected chi connectivity index (χ4v) is 3.28. The second-order valence-corrected chi connectivity index (χ2v) is 6.73. The molecule has 0 spiro atoms. The lowest BCUT2D eigenvalue weighted by Gasteiger charge is -2.12. The molecule has 2 rings (SSSR count). The number of aliphatic hydroxyl groups is 1. The predicted octanol–water partition coefficient (Wildman–Crippen LogP) is 2.45. The average Bonchev–Trinajstić information content (AvgIpc) is 2.41. The number of hydrogen-bond donors (Lipinski definition) is 2. The fraction of sp³-hybridized carbons (Fsp3) is 0.154. The third-order valence-electron chi connectivity index (χ3n) is 2.82. The monoisotopic (exact) mass is 356 g/mol. The summed E-state index contributed by atoms with van der Waals surface area (Å²) in [4.78, 5) is 4.11. The van der Waals surface area contributed by atoms with Crippen LogP contribution in [0.5, 0.6) is 0 Å². The van der Waals surface area contributed by atoms with Crippen LogP contribution in [0.3, 0.4) is 0 Å². The van der Waals surface area contributed by atoms with Gasteiger partial charge in [-0.2, -0.15) is 0 Å². The summed E-state index contributed by atoms with van der Waals surface area (Å²) >= 11 is 3.23. The van der Waals surface area contributed by atoms with Gasteiger partial charge < -0.3 is 5.11 Å². The summed E-state index contributed by atoms with van der Waals surface area (Å²) < 4.78 is 27.8. The van der Waals surface area contributed by atoms with Gasteiger partial charge in [0.1, 0.15) is 5.82 Å². The maximum Gasteiger partial charge on any atom is 0.263 e. The zero-order valence-electron chi connectivity index (χ0n) is 10.7. The van der Waals surface area contributed by atoms with E-state index in [1.54, 1.807) is 31.2 Å². The molecule has 0 saturated carbocycles. The number of benzene rings is 1. The van der Waals surface area contributed by atoms with E-state index in [9.17, 15) is 13.5 Å². The van der Waals surface area contributed by atoms with Gasteiger partial charge in [-0.25, -0.2) is 13.4 Å². The number of anilines is 1. The van der Waals surface area contributed by atoms with Crippen molar-refractivity contribution in [2.45, 2.75) is 18.4 Å². The minimum Gasteiger partial charge on any atom is -0.392 e. The maximum absolute atomic E-state index is 12.3. The van der Waals surface area contributed by atoms with Crippen LogP contribution in [-0.4, -0.2) is 18.5 Å². The van der Waals surface area contributed by atoms with Gasteiger partial charge in [-0.1, -0.05) is 12.1 Å². The number of rotatable bonds is 4. The normalized spacial score (nSPS) is 11.3. The first-order valence-corrected chi connectivity index (χ1v) is 8.05. The van der Waals surface area contributed by atoms with Crippen LogP contribution in [0, 0.1) is 6.92 Å². The van der Waals surface area contributed by atoms with E-state index in [0.29, 0.717) is 11.1 Å². The summed E-state index contributed by atoms with van der Waals surface area (Å²) in [5.74, 6) is 0.238. The molecule has 0 atom stereocenters. The van der Waals surface area contributed by atoms with Gasteiger partial charge in [0.25, 0.3) is 10.0 Å². The first-order valence-electron chi connectivity index (χ1n) is 5.78. The Labute approximate surface area is 125 Å². The average molecular weight is 357 g/mol. The summed E-state index contributed by atoms with van der Waals surface area (Å²) in [7, 11) is -3.73. The first-order chi connectivity index (χ1) is 9.44. The summed E-state index contributed by atoms with van der Waals surface area (Å²) in [5, 5.41) is 9.20. The van der Waals surface area contributed by atoms with Crippen molar-refractivity contribution < 1.29 is 13.5 Å². The quantitative estimate of drug-likeness (QED) is 0.881. The Morgan fingerprint density at radius 2 is 2.05 bits per heavy atom. The number of nitrogens with zero attached hydrogens (tertiary/aromatic N) is 1. The van der Waals surface area contributed by atoms with E-state index in [1.807, 2.05) is 0 Å². The third kappa shape index (κ3) is 3.17. The Balaban J connectivity index is 2.38.